The van der Waals surface area contributed by atoms with Crippen LogP contribution in [-0.2, 0) is 6.61 Å². The summed E-state index contributed by atoms with van der Waals surface area (Å²) in [6, 6.07) is 13.2. The third-order valence-electron chi connectivity index (χ3n) is 4.62. The molecule has 0 saturated heterocycles. The van der Waals surface area contributed by atoms with E-state index in [1.807, 2.05) is 19.1 Å². The number of thioether (sulfide) groups is 1. The van der Waals surface area contributed by atoms with Gasteiger partial charge in [-0.05, 0) is 56.2 Å². The van der Waals surface area contributed by atoms with Crippen LogP contribution in [0.2, 0.25) is 5.02 Å². The van der Waals surface area contributed by atoms with Gasteiger partial charge in [0.15, 0.2) is 16.8 Å². The van der Waals surface area contributed by atoms with Crippen LogP contribution in [0.25, 0.3) is 0 Å². The zero-order valence-corrected chi connectivity index (χ0v) is 17.3. The van der Waals surface area contributed by atoms with Gasteiger partial charge in [-0.3, -0.25) is 9.36 Å². The van der Waals surface area contributed by atoms with Crippen molar-refractivity contribution in [1.82, 2.24) is 14.8 Å². The van der Waals surface area contributed by atoms with E-state index in [9.17, 15) is 9.18 Å². The number of para-hydroxylation sites is 1. The molecule has 1 aliphatic rings. The Hall–Kier alpha value is -2.38. The fourth-order valence-corrected chi connectivity index (χ4v) is 4.16. The van der Waals surface area contributed by atoms with Gasteiger partial charge in [-0.15, -0.1) is 10.2 Å². The fraction of sp³-hybridized carbons (Fsp3) is 0.286. The summed E-state index contributed by atoms with van der Waals surface area (Å²) in [5.41, 5.74) is 0.478. The van der Waals surface area contributed by atoms with Crippen LogP contribution >= 0.6 is 23.4 Å². The van der Waals surface area contributed by atoms with Gasteiger partial charge in [0.1, 0.15) is 18.2 Å². The lowest BCUT2D eigenvalue weighted by molar-refractivity contribution is 0.0994. The van der Waals surface area contributed by atoms with Crippen molar-refractivity contribution in [3.8, 4) is 5.75 Å². The van der Waals surface area contributed by atoms with Crippen LogP contribution in [0.5, 0.6) is 5.75 Å². The number of benzene rings is 2. The highest BCUT2D eigenvalue weighted by Gasteiger charge is 2.31. The second-order valence-electron chi connectivity index (χ2n) is 6.85. The molecule has 1 aliphatic carbocycles. The van der Waals surface area contributed by atoms with Gasteiger partial charge >= 0.3 is 0 Å². The van der Waals surface area contributed by atoms with Gasteiger partial charge < -0.3 is 4.74 Å². The number of carbonyl (C=O) groups is 1. The third kappa shape index (κ3) is 4.62. The maximum absolute atomic E-state index is 13.1. The van der Waals surface area contributed by atoms with Gasteiger partial charge in [-0.1, -0.05) is 35.5 Å². The minimum atomic E-state index is -0.375. The molecule has 0 unspecified atom stereocenters. The Morgan fingerprint density at radius 3 is 2.66 bits per heavy atom. The molecule has 2 aromatic carbocycles. The predicted octanol–water partition coefficient (Wildman–Crippen LogP) is 5.35. The maximum atomic E-state index is 13.1. The van der Waals surface area contributed by atoms with Crippen molar-refractivity contribution in [3.63, 3.8) is 0 Å². The number of carbonyl (C=O) groups excluding carboxylic acids is 1. The molecular formula is C21H19ClFN3O2S. The minimum absolute atomic E-state index is 0.0748. The van der Waals surface area contributed by atoms with Gasteiger partial charge in [-0.25, -0.2) is 4.39 Å². The smallest absolute Gasteiger partial charge is 0.192 e. The van der Waals surface area contributed by atoms with Crippen molar-refractivity contribution in [2.24, 2.45) is 0 Å². The summed E-state index contributed by atoms with van der Waals surface area (Å²) in [6.45, 7) is 2.07. The molecule has 0 aliphatic heterocycles. The molecule has 150 valence electrons. The lowest BCUT2D eigenvalue weighted by atomic mass is 10.1. The number of rotatable bonds is 8. The Morgan fingerprint density at radius 2 is 1.97 bits per heavy atom. The van der Waals surface area contributed by atoms with Gasteiger partial charge in [0, 0.05) is 11.6 Å². The fourth-order valence-electron chi connectivity index (χ4n) is 2.95. The normalized spacial score (nSPS) is 14.6. The lowest BCUT2D eigenvalue weighted by Crippen LogP contribution is -2.15. The Labute approximate surface area is 177 Å². The van der Waals surface area contributed by atoms with Gasteiger partial charge in [0.25, 0.3) is 0 Å². The van der Waals surface area contributed by atoms with Crippen molar-refractivity contribution in [3.05, 3.63) is 70.8 Å². The molecule has 8 heteroatoms. The molecule has 0 N–H and O–H groups in total. The number of hydrogen-bond donors (Lipinski definition) is 0. The first kappa shape index (κ1) is 19.9. The molecule has 0 radical (unpaired) electrons. The molecule has 3 aromatic rings. The number of halogens is 2. The Balaban J connectivity index is 1.48. The van der Waals surface area contributed by atoms with E-state index in [0.717, 1.165) is 12.8 Å². The molecular weight excluding hydrogens is 413 g/mol. The second kappa shape index (κ2) is 8.55. The Morgan fingerprint density at radius 1 is 1.24 bits per heavy atom. The minimum Gasteiger partial charge on any atom is -0.484 e. The van der Waals surface area contributed by atoms with E-state index in [1.165, 1.54) is 36.0 Å². The van der Waals surface area contributed by atoms with Crippen molar-refractivity contribution in [2.75, 3.05) is 0 Å². The van der Waals surface area contributed by atoms with E-state index in [4.69, 9.17) is 16.3 Å². The molecule has 29 heavy (non-hydrogen) atoms. The molecule has 1 saturated carbocycles. The number of ketones is 1. The summed E-state index contributed by atoms with van der Waals surface area (Å²) >= 11 is 7.50. The van der Waals surface area contributed by atoms with E-state index in [1.54, 1.807) is 12.1 Å². The highest BCUT2D eigenvalue weighted by atomic mass is 35.5. The molecule has 1 atom stereocenters. The number of nitrogens with zero attached hydrogens (tertiary/aromatic N) is 3. The van der Waals surface area contributed by atoms with Gasteiger partial charge in [0.2, 0.25) is 0 Å². The molecule has 4 rings (SSSR count). The molecule has 1 fully saturated rings. The van der Waals surface area contributed by atoms with Gasteiger partial charge in [-0.2, -0.15) is 0 Å². The number of aromatic nitrogens is 3. The highest BCUT2D eigenvalue weighted by molar-refractivity contribution is 8.00. The number of hydrogen-bond acceptors (Lipinski definition) is 5. The monoisotopic (exact) mass is 431 g/mol. The van der Waals surface area contributed by atoms with Crippen molar-refractivity contribution in [2.45, 2.75) is 42.8 Å². The van der Waals surface area contributed by atoms with E-state index < -0.39 is 0 Å². The molecule has 5 nitrogen and oxygen atoms in total. The van der Waals surface area contributed by atoms with E-state index in [-0.39, 0.29) is 23.5 Å². The van der Waals surface area contributed by atoms with Crippen molar-refractivity contribution < 1.29 is 13.9 Å². The zero-order valence-electron chi connectivity index (χ0n) is 15.7. The summed E-state index contributed by atoms with van der Waals surface area (Å²) in [7, 11) is 0. The third-order valence-corrected chi connectivity index (χ3v) is 5.99. The molecule has 0 amide bonds. The largest absolute Gasteiger partial charge is 0.484 e. The molecule has 0 spiro atoms. The summed E-state index contributed by atoms with van der Waals surface area (Å²) < 4.78 is 21.0. The second-order valence-corrected chi connectivity index (χ2v) is 8.57. The summed E-state index contributed by atoms with van der Waals surface area (Å²) in [5.74, 6) is 0.859. The Bertz CT molecular complexity index is 1020. The van der Waals surface area contributed by atoms with Gasteiger partial charge in [0.05, 0.1) is 10.3 Å². The quantitative estimate of drug-likeness (QED) is 0.355. The summed E-state index contributed by atoms with van der Waals surface area (Å²) in [6.07, 6.45) is 2.09. The van der Waals surface area contributed by atoms with Crippen LogP contribution in [0, 0.1) is 5.82 Å². The number of Topliss-reactive ketones (excluding diaryl/α,β-unsaturated/α-hetero) is 1. The standard InChI is InChI=1S/C21H19ClFN3O2S/c1-13(20(27)14-6-8-15(23)9-7-14)29-21-25-24-19(26(21)16-10-11-16)12-28-18-5-3-2-4-17(18)22/h2-9,13,16H,10-12H2,1H3/t13-/m0/s1. The van der Waals surface area contributed by atoms with E-state index in [0.29, 0.717) is 33.4 Å². The Kier molecular flexibility index (Phi) is 5.87. The van der Waals surface area contributed by atoms with Crippen molar-refractivity contribution >= 4 is 29.1 Å². The topological polar surface area (TPSA) is 57.0 Å². The van der Waals surface area contributed by atoms with Crippen LogP contribution in [-0.4, -0.2) is 25.8 Å². The average Bonchev–Trinajstić information content (AvgIpc) is 3.48. The van der Waals surface area contributed by atoms with E-state index in [2.05, 4.69) is 14.8 Å². The first-order valence-electron chi connectivity index (χ1n) is 9.30. The van der Waals surface area contributed by atoms with Crippen LogP contribution in [0.15, 0.2) is 53.7 Å². The summed E-state index contributed by atoms with van der Waals surface area (Å²) in [4.78, 5) is 12.7. The zero-order chi connectivity index (χ0) is 20.4. The van der Waals surface area contributed by atoms with Crippen LogP contribution in [0.3, 0.4) is 0 Å². The molecule has 1 heterocycles. The van der Waals surface area contributed by atoms with E-state index >= 15 is 0 Å². The molecule has 0 bridgehead atoms. The summed E-state index contributed by atoms with van der Waals surface area (Å²) in [5, 5.41) is 9.43. The first-order valence-corrected chi connectivity index (χ1v) is 10.6. The maximum Gasteiger partial charge on any atom is 0.192 e. The predicted molar refractivity (Wildman–Crippen MR) is 110 cm³/mol. The van der Waals surface area contributed by atoms with Crippen LogP contribution in [0.1, 0.15) is 42.0 Å². The average molecular weight is 432 g/mol. The van der Waals surface area contributed by atoms with Crippen LogP contribution in [0.4, 0.5) is 4.39 Å². The van der Waals surface area contributed by atoms with Crippen molar-refractivity contribution in [1.29, 1.82) is 0 Å². The lowest BCUT2D eigenvalue weighted by Gasteiger charge is -2.13. The highest BCUT2D eigenvalue weighted by Crippen LogP contribution is 2.40. The first-order chi connectivity index (χ1) is 14.0. The SMILES string of the molecule is C[C@H](Sc1nnc(COc2ccccc2Cl)n1C1CC1)C(=O)c1ccc(F)cc1. The van der Waals surface area contributed by atoms with Crippen LogP contribution < -0.4 is 4.74 Å². The molecule has 1 aromatic heterocycles. The number of ether oxygens (including phenoxy) is 1.